The van der Waals surface area contributed by atoms with E-state index in [-0.39, 0.29) is 28.8 Å². The summed E-state index contributed by atoms with van der Waals surface area (Å²) in [6, 6.07) is 6.57. The third-order valence-corrected chi connectivity index (χ3v) is 8.25. The molecular weight excluding hydrogens is 544 g/mol. The first-order valence-electron chi connectivity index (χ1n) is 14.4. The number of nitrogens with zero attached hydrogens (tertiary/aromatic N) is 6. The smallest absolute Gasteiger partial charge is 0.343 e. The summed E-state index contributed by atoms with van der Waals surface area (Å²) in [6.45, 7) is 7.95. The van der Waals surface area contributed by atoms with Gasteiger partial charge in [0.1, 0.15) is 17.6 Å². The number of ether oxygens (including phenoxy) is 2. The number of amides is 1. The molecule has 2 fully saturated rings. The van der Waals surface area contributed by atoms with Gasteiger partial charge in [0.2, 0.25) is 0 Å². The number of halogens is 2. The van der Waals surface area contributed by atoms with Crippen molar-refractivity contribution in [1.82, 2.24) is 30.4 Å². The summed E-state index contributed by atoms with van der Waals surface area (Å²) in [4.78, 5) is 25.6. The Morgan fingerprint density at radius 2 is 2.02 bits per heavy atom. The maximum atomic E-state index is 13.3. The molecule has 3 aliphatic rings. The summed E-state index contributed by atoms with van der Waals surface area (Å²) in [6.07, 6.45) is 3.81. The van der Waals surface area contributed by atoms with Crippen LogP contribution in [0.4, 0.5) is 14.6 Å². The van der Waals surface area contributed by atoms with Crippen LogP contribution < -0.4 is 19.7 Å². The molecule has 1 aliphatic carbocycles. The Labute approximate surface area is 243 Å². The molecule has 12 heteroatoms. The van der Waals surface area contributed by atoms with Crippen molar-refractivity contribution in [2.75, 3.05) is 31.1 Å². The predicted octanol–water partition coefficient (Wildman–Crippen LogP) is 4.18. The quantitative estimate of drug-likeness (QED) is 0.400. The minimum absolute atomic E-state index is 0.0119. The molecule has 1 spiro atoms. The monoisotopic (exact) mass is 579 g/mol. The van der Waals surface area contributed by atoms with E-state index in [0.717, 1.165) is 67.3 Å². The van der Waals surface area contributed by atoms with E-state index < -0.39 is 24.9 Å². The Morgan fingerprint density at radius 3 is 2.79 bits per heavy atom. The highest BCUT2D eigenvalue weighted by Crippen LogP contribution is 2.51. The molecule has 1 saturated carbocycles. The lowest BCUT2D eigenvalue weighted by Crippen LogP contribution is -2.65. The molecule has 10 nitrogen and oxygen atoms in total. The zero-order valence-corrected chi connectivity index (χ0v) is 24.0. The molecular formula is C30H35F2N7O3. The molecule has 1 saturated heterocycles. The number of aryl methyl sites for hydroxylation is 1. The van der Waals surface area contributed by atoms with E-state index in [1.54, 1.807) is 38.2 Å². The summed E-state index contributed by atoms with van der Waals surface area (Å²) in [7, 11) is 0. The van der Waals surface area contributed by atoms with Gasteiger partial charge in [-0.15, -0.1) is 0 Å². The van der Waals surface area contributed by atoms with E-state index in [4.69, 9.17) is 9.47 Å². The van der Waals surface area contributed by atoms with Gasteiger partial charge in [-0.1, -0.05) is 16.7 Å². The molecule has 0 unspecified atom stereocenters. The molecule has 1 N–H and O–H groups in total. The predicted molar refractivity (Wildman–Crippen MR) is 151 cm³/mol. The van der Waals surface area contributed by atoms with Crippen molar-refractivity contribution in [3.05, 3.63) is 59.0 Å². The normalized spacial score (nSPS) is 17.5. The van der Waals surface area contributed by atoms with Crippen LogP contribution in [0.2, 0.25) is 0 Å². The zero-order valence-electron chi connectivity index (χ0n) is 24.0. The molecule has 0 bridgehead atoms. The lowest BCUT2D eigenvalue weighted by Gasteiger charge is -2.58. The van der Waals surface area contributed by atoms with Crippen molar-refractivity contribution in [3.63, 3.8) is 0 Å². The van der Waals surface area contributed by atoms with E-state index in [0.29, 0.717) is 5.82 Å². The van der Waals surface area contributed by atoms with Crippen molar-refractivity contribution in [2.24, 2.45) is 5.41 Å². The first-order valence-corrected chi connectivity index (χ1v) is 14.4. The van der Waals surface area contributed by atoms with E-state index in [9.17, 15) is 13.6 Å². The number of benzene rings is 1. The average Bonchev–Trinajstić information content (AvgIpc) is 2.93. The van der Waals surface area contributed by atoms with E-state index in [1.807, 2.05) is 19.2 Å². The van der Waals surface area contributed by atoms with Crippen LogP contribution >= 0.6 is 0 Å². The number of aromatic nitrogens is 4. The fourth-order valence-electron chi connectivity index (χ4n) is 6.11. The standard InChI is InChI=1S/C30H35F2N7O3/c1-18(2)39(15-26(31)32)28(40)21-10-19(3)4-5-24(21)42-29-36-27(14-35-37-29)38-16-30(17-38)11-20(12-30)41-25-7-9-34-23-6-8-33-13-22(23)25/h4-5,7,9-10,14,18,20,26,33H,6,8,11-13,15-17H2,1-3H3. The Hall–Kier alpha value is -3.93. The highest BCUT2D eigenvalue weighted by Gasteiger charge is 2.54. The van der Waals surface area contributed by atoms with Crippen LogP contribution in [0.5, 0.6) is 17.5 Å². The van der Waals surface area contributed by atoms with Gasteiger partial charge in [-0.05, 0) is 51.8 Å². The van der Waals surface area contributed by atoms with Gasteiger partial charge in [-0.2, -0.15) is 10.1 Å². The van der Waals surface area contributed by atoms with Gasteiger partial charge >= 0.3 is 6.01 Å². The zero-order chi connectivity index (χ0) is 29.4. The summed E-state index contributed by atoms with van der Waals surface area (Å²) in [5, 5.41) is 11.5. The molecule has 3 aromatic rings. The number of carbonyl (C=O) groups excluding carboxylic acids is 1. The second kappa shape index (κ2) is 11.4. The van der Waals surface area contributed by atoms with E-state index in [1.165, 1.54) is 5.56 Å². The van der Waals surface area contributed by atoms with Crippen LogP contribution in [-0.4, -0.2) is 75.7 Å². The Morgan fingerprint density at radius 1 is 1.21 bits per heavy atom. The van der Waals surface area contributed by atoms with Gasteiger partial charge in [-0.3, -0.25) is 9.78 Å². The van der Waals surface area contributed by atoms with Crippen LogP contribution in [0.25, 0.3) is 0 Å². The maximum absolute atomic E-state index is 13.3. The fraction of sp³-hybridized carbons (Fsp3) is 0.500. The number of nitrogens with one attached hydrogen (secondary N) is 1. The van der Waals surface area contributed by atoms with Gasteiger partial charge in [0.05, 0.1) is 18.3 Å². The van der Waals surface area contributed by atoms with Gasteiger partial charge in [-0.25, -0.2) is 8.78 Å². The van der Waals surface area contributed by atoms with Crippen LogP contribution in [0, 0.1) is 12.3 Å². The number of rotatable bonds is 9. The molecule has 0 atom stereocenters. The molecule has 1 aromatic carbocycles. The Kier molecular flexibility index (Phi) is 7.65. The topological polar surface area (TPSA) is 106 Å². The number of hydrogen-bond acceptors (Lipinski definition) is 9. The largest absolute Gasteiger partial charge is 0.490 e. The minimum atomic E-state index is -2.65. The van der Waals surface area contributed by atoms with E-state index in [2.05, 4.69) is 30.4 Å². The molecule has 1 amide bonds. The summed E-state index contributed by atoms with van der Waals surface area (Å²) >= 11 is 0. The SMILES string of the molecule is Cc1ccc(Oc2nncc(N3CC4(CC(Oc5ccnc6c5CNCC6)C4)C3)n2)c(C(=O)N(CC(F)F)C(C)C)c1. The van der Waals surface area contributed by atoms with Gasteiger partial charge in [0.15, 0.2) is 5.82 Å². The van der Waals surface area contributed by atoms with Crippen molar-refractivity contribution in [1.29, 1.82) is 0 Å². The Bertz CT molecular complexity index is 1460. The first-order chi connectivity index (χ1) is 20.2. The number of fused-ring (bicyclic) bond motifs is 1. The van der Waals surface area contributed by atoms with Gasteiger partial charge in [0, 0.05) is 61.5 Å². The summed E-state index contributed by atoms with van der Waals surface area (Å²) < 4.78 is 38.7. The molecule has 2 aromatic heterocycles. The third kappa shape index (κ3) is 5.72. The van der Waals surface area contributed by atoms with Crippen molar-refractivity contribution >= 4 is 11.7 Å². The molecule has 222 valence electrons. The van der Waals surface area contributed by atoms with Gasteiger partial charge < -0.3 is 24.6 Å². The lowest BCUT2D eigenvalue weighted by atomic mass is 9.62. The van der Waals surface area contributed by atoms with Crippen LogP contribution in [0.1, 0.15) is 53.9 Å². The maximum Gasteiger partial charge on any atom is 0.343 e. The minimum Gasteiger partial charge on any atom is -0.490 e. The highest BCUT2D eigenvalue weighted by molar-refractivity contribution is 5.97. The first kappa shape index (κ1) is 28.2. The van der Waals surface area contributed by atoms with Crippen molar-refractivity contribution in [2.45, 2.75) is 65.1 Å². The molecule has 6 rings (SSSR count). The van der Waals surface area contributed by atoms with Crippen LogP contribution in [0.15, 0.2) is 36.7 Å². The molecule has 42 heavy (non-hydrogen) atoms. The van der Waals surface area contributed by atoms with Gasteiger partial charge in [0.25, 0.3) is 12.3 Å². The van der Waals surface area contributed by atoms with Crippen molar-refractivity contribution < 1.29 is 23.0 Å². The third-order valence-electron chi connectivity index (χ3n) is 8.25. The number of anilines is 1. The summed E-state index contributed by atoms with van der Waals surface area (Å²) in [5.74, 6) is 1.22. The van der Waals surface area contributed by atoms with Crippen molar-refractivity contribution in [3.8, 4) is 17.5 Å². The number of hydrogen-bond donors (Lipinski definition) is 1. The number of pyridine rings is 1. The number of alkyl halides is 2. The summed E-state index contributed by atoms with van der Waals surface area (Å²) in [5.41, 5.74) is 3.45. The second-order valence-corrected chi connectivity index (χ2v) is 11.8. The van der Waals surface area contributed by atoms with E-state index >= 15 is 0 Å². The molecule has 0 radical (unpaired) electrons. The Balaban J connectivity index is 1.09. The number of carbonyl (C=O) groups is 1. The highest BCUT2D eigenvalue weighted by atomic mass is 19.3. The fourth-order valence-corrected chi connectivity index (χ4v) is 6.11. The molecule has 4 heterocycles. The second-order valence-electron chi connectivity index (χ2n) is 11.8. The molecule has 2 aliphatic heterocycles. The lowest BCUT2D eigenvalue weighted by molar-refractivity contribution is -0.0349. The van der Waals surface area contributed by atoms with Crippen LogP contribution in [-0.2, 0) is 13.0 Å². The van der Waals surface area contributed by atoms with Crippen LogP contribution in [0.3, 0.4) is 0 Å². The average molecular weight is 580 g/mol.